The molecule has 1 aromatic rings. The van der Waals surface area contributed by atoms with Crippen LogP contribution in [-0.2, 0) is 0 Å². The van der Waals surface area contributed by atoms with E-state index in [1.54, 1.807) is 7.11 Å². The monoisotopic (exact) mass is 331 g/mol. The number of methoxy groups -OCH3 is 1. The van der Waals surface area contributed by atoms with Gasteiger partial charge in [-0.05, 0) is 40.6 Å². The second-order valence-corrected chi connectivity index (χ2v) is 5.29. The number of halogens is 1. The van der Waals surface area contributed by atoms with Gasteiger partial charge in [-0.3, -0.25) is 4.79 Å². The van der Waals surface area contributed by atoms with Gasteiger partial charge < -0.3 is 9.64 Å². The summed E-state index contributed by atoms with van der Waals surface area (Å²) >= 11 is 2.18. The molecule has 0 bridgehead atoms. The average Bonchev–Trinajstić information content (AvgIpc) is 2.23. The normalized spacial score (nSPS) is 15.8. The van der Waals surface area contributed by atoms with E-state index in [4.69, 9.17) is 4.74 Å². The summed E-state index contributed by atoms with van der Waals surface area (Å²) in [5.74, 6) is 1.37. The molecule has 0 atom stereocenters. The summed E-state index contributed by atoms with van der Waals surface area (Å²) in [6.07, 6.45) is 0. The molecule has 3 nitrogen and oxygen atoms in total. The number of rotatable bonds is 2. The van der Waals surface area contributed by atoms with Crippen molar-refractivity contribution in [2.45, 2.75) is 6.92 Å². The third-order valence-corrected chi connectivity index (χ3v) is 3.66. The van der Waals surface area contributed by atoms with Crippen LogP contribution in [0.25, 0.3) is 0 Å². The number of benzene rings is 1. The molecule has 1 fully saturated rings. The van der Waals surface area contributed by atoms with E-state index in [1.165, 1.54) is 0 Å². The number of hydrogen-bond acceptors (Lipinski definition) is 2. The molecule has 1 heterocycles. The number of nitrogens with zero attached hydrogens (tertiary/aromatic N) is 1. The van der Waals surface area contributed by atoms with Crippen molar-refractivity contribution in [2.24, 2.45) is 5.92 Å². The van der Waals surface area contributed by atoms with Crippen molar-refractivity contribution in [3.63, 3.8) is 0 Å². The lowest BCUT2D eigenvalue weighted by molar-refractivity contribution is 0.0526. The fourth-order valence-electron chi connectivity index (χ4n) is 1.90. The van der Waals surface area contributed by atoms with Gasteiger partial charge in [0.1, 0.15) is 5.75 Å². The first-order valence-corrected chi connectivity index (χ1v) is 6.33. The van der Waals surface area contributed by atoms with Gasteiger partial charge in [-0.25, -0.2) is 0 Å². The maximum Gasteiger partial charge on any atom is 0.258 e. The van der Waals surface area contributed by atoms with Crippen LogP contribution in [0.5, 0.6) is 5.75 Å². The Kier molecular flexibility index (Phi) is 3.37. The Bertz CT molecular complexity index is 413. The molecule has 1 saturated heterocycles. The van der Waals surface area contributed by atoms with Crippen LogP contribution in [0.1, 0.15) is 17.3 Å². The number of hydrogen-bond donors (Lipinski definition) is 0. The summed E-state index contributed by atoms with van der Waals surface area (Å²) in [5.41, 5.74) is 0.692. The summed E-state index contributed by atoms with van der Waals surface area (Å²) in [6.45, 7) is 3.86. The van der Waals surface area contributed by atoms with Crippen LogP contribution in [0.2, 0.25) is 0 Å². The molecule has 2 rings (SSSR count). The molecule has 1 aromatic carbocycles. The van der Waals surface area contributed by atoms with E-state index in [2.05, 4.69) is 29.5 Å². The fourth-order valence-corrected chi connectivity index (χ4v) is 2.61. The molecule has 0 aromatic heterocycles. The predicted molar refractivity (Wildman–Crippen MR) is 70.8 cm³/mol. The second-order valence-electron chi connectivity index (χ2n) is 4.13. The molecule has 0 unspecified atom stereocenters. The largest absolute Gasteiger partial charge is 0.496 e. The first kappa shape index (κ1) is 11.7. The molecule has 1 aliphatic heterocycles. The molecule has 16 heavy (non-hydrogen) atoms. The van der Waals surface area contributed by atoms with Gasteiger partial charge in [-0.1, -0.05) is 13.0 Å². The molecule has 1 aliphatic rings. The van der Waals surface area contributed by atoms with E-state index in [0.29, 0.717) is 17.2 Å². The maximum absolute atomic E-state index is 12.2. The minimum absolute atomic E-state index is 0.0833. The van der Waals surface area contributed by atoms with E-state index >= 15 is 0 Å². The Hall–Kier alpha value is -0.780. The topological polar surface area (TPSA) is 29.5 Å². The van der Waals surface area contributed by atoms with E-state index in [9.17, 15) is 4.79 Å². The number of carbonyl (C=O) groups is 1. The summed E-state index contributed by atoms with van der Waals surface area (Å²) in [4.78, 5) is 14.1. The highest BCUT2D eigenvalue weighted by Crippen LogP contribution is 2.27. The summed E-state index contributed by atoms with van der Waals surface area (Å²) in [5, 5.41) is 0. The molecule has 0 N–H and O–H groups in total. The number of amides is 1. The molecule has 0 aliphatic carbocycles. The lowest BCUT2D eigenvalue weighted by atomic mass is 10.0. The van der Waals surface area contributed by atoms with Crippen LogP contribution >= 0.6 is 22.6 Å². The average molecular weight is 331 g/mol. The highest BCUT2D eigenvalue weighted by Gasteiger charge is 2.30. The number of carbonyl (C=O) groups excluding carboxylic acids is 1. The zero-order chi connectivity index (χ0) is 11.7. The minimum atomic E-state index is 0.0833. The van der Waals surface area contributed by atoms with Gasteiger partial charge in [0, 0.05) is 16.7 Å². The Balaban J connectivity index is 2.28. The smallest absolute Gasteiger partial charge is 0.258 e. The van der Waals surface area contributed by atoms with Gasteiger partial charge in [0.05, 0.1) is 12.7 Å². The Morgan fingerprint density at radius 3 is 2.75 bits per heavy atom. The zero-order valence-electron chi connectivity index (χ0n) is 9.37. The van der Waals surface area contributed by atoms with Gasteiger partial charge >= 0.3 is 0 Å². The molecule has 1 amide bonds. The molecular formula is C12H14INO2. The van der Waals surface area contributed by atoms with Crippen molar-refractivity contribution in [3.05, 3.63) is 27.3 Å². The van der Waals surface area contributed by atoms with Crippen molar-refractivity contribution in [3.8, 4) is 5.75 Å². The SMILES string of the molecule is COc1cccc(I)c1C(=O)N1CC(C)C1. The van der Waals surface area contributed by atoms with Crippen LogP contribution in [0.3, 0.4) is 0 Å². The van der Waals surface area contributed by atoms with E-state index in [-0.39, 0.29) is 5.91 Å². The Morgan fingerprint density at radius 2 is 2.19 bits per heavy atom. The molecule has 4 heteroatoms. The minimum Gasteiger partial charge on any atom is -0.496 e. The Labute approximate surface area is 109 Å². The molecule has 0 radical (unpaired) electrons. The summed E-state index contributed by atoms with van der Waals surface area (Å²) in [6, 6.07) is 5.66. The van der Waals surface area contributed by atoms with E-state index < -0.39 is 0 Å². The highest BCUT2D eigenvalue weighted by atomic mass is 127. The number of likely N-dealkylation sites (tertiary alicyclic amines) is 1. The standard InChI is InChI=1S/C12H14INO2/c1-8-6-14(7-8)12(15)11-9(13)4-3-5-10(11)16-2/h3-5,8H,6-7H2,1-2H3. The van der Waals surface area contributed by atoms with Crippen molar-refractivity contribution < 1.29 is 9.53 Å². The second kappa shape index (κ2) is 4.61. The Morgan fingerprint density at radius 1 is 1.50 bits per heavy atom. The van der Waals surface area contributed by atoms with Gasteiger partial charge in [-0.15, -0.1) is 0 Å². The fraction of sp³-hybridized carbons (Fsp3) is 0.417. The maximum atomic E-state index is 12.2. The summed E-state index contributed by atoms with van der Waals surface area (Å²) < 4.78 is 6.19. The van der Waals surface area contributed by atoms with Crippen molar-refractivity contribution in [2.75, 3.05) is 20.2 Å². The van der Waals surface area contributed by atoms with Gasteiger partial charge in [0.2, 0.25) is 0 Å². The first-order chi connectivity index (χ1) is 7.63. The summed E-state index contributed by atoms with van der Waals surface area (Å²) in [7, 11) is 1.60. The van der Waals surface area contributed by atoms with Crippen LogP contribution in [0.15, 0.2) is 18.2 Å². The molecule has 0 spiro atoms. The lowest BCUT2D eigenvalue weighted by Crippen LogP contribution is -2.48. The lowest BCUT2D eigenvalue weighted by Gasteiger charge is -2.37. The van der Waals surface area contributed by atoms with Crippen molar-refractivity contribution >= 4 is 28.5 Å². The first-order valence-electron chi connectivity index (χ1n) is 5.25. The third-order valence-electron chi connectivity index (χ3n) is 2.76. The predicted octanol–water partition coefficient (Wildman–Crippen LogP) is 2.39. The van der Waals surface area contributed by atoms with Gasteiger partial charge in [0.15, 0.2) is 0 Å². The third kappa shape index (κ3) is 2.03. The van der Waals surface area contributed by atoms with Gasteiger partial charge in [0.25, 0.3) is 5.91 Å². The molecule has 86 valence electrons. The van der Waals surface area contributed by atoms with Crippen LogP contribution in [-0.4, -0.2) is 31.0 Å². The zero-order valence-corrected chi connectivity index (χ0v) is 11.5. The van der Waals surface area contributed by atoms with Crippen LogP contribution in [0.4, 0.5) is 0 Å². The highest BCUT2D eigenvalue weighted by molar-refractivity contribution is 14.1. The van der Waals surface area contributed by atoms with E-state index in [1.807, 2.05) is 23.1 Å². The quantitative estimate of drug-likeness (QED) is 0.779. The van der Waals surface area contributed by atoms with Gasteiger partial charge in [-0.2, -0.15) is 0 Å². The van der Waals surface area contributed by atoms with Crippen molar-refractivity contribution in [1.82, 2.24) is 4.90 Å². The van der Waals surface area contributed by atoms with Crippen LogP contribution in [0, 0.1) is 9.49 Å². The van der Waals surface area contributed by atoms with Crippen LogP contribution < -0.4 is 4.74 Å². The van der Waals surface area contributed by atoms with Crippen molar-refractivity contribution in [1.29, 1.82) is 0 Å². The molecular weight excluding hydrogens is 317 g/mol. The number of ether oxygens (including phenoxy) is 1. The van der Waals surface area contributed by atoms with E-state index in [0.717, 1.165) is 16.7 Å². The molecule has 0 saturated carbocycles.